The van der Waals surface area contributed by atoms with E-state index in [2.05, 4.69) is 10.0 Å². The predicted octanol–water partition coefficient (Wildman–Crippen LogP) is 1.01. The molecular formula is C17H23F2N3O4S. The molecular weight excluding hydrogens is 380 g/mol. The van der Waals surface area contributed by atoms with Gasteiger partial charge in [-0.25, -0.2) is 21.9 Å². The number of rotatable bonds is 7. The summed E-state index contributed by atoms with van der Waals surface area (Å²) in [4.78, 5) is 26.0. The molecule has 2 N–H and O–H groups in total. The average Bonchev–Trinajstić information content (AvgIpc) is 2.59. The molecule has 1 aromatic rings. The van der Waals surface area contributed by atoms with E-state index < -0.39 is 27.6 Å². The second kappa shape index (κ2) is 9.23. The maximum atomic E-state index is 13.6. The first-order valence-electron chi connectivity index (χ1n) is 8.65. The van der Waals surface area contributed by atoms with Crippen LogP contribution in [0.25, 0.3) is 0 Å². The Morgan fingerprint density at radius 1 is 1.26 bits per heavy atom. The molecule has 2 amide bonds. The molecule has 150 valence electrons. The van der Waals surface area contributed by atoms with E-state index in [0.717, 1.165) is 31.2 Å². The van der Waals surface area contributed by atoms with Gasteiger partial charge in [-0.15, -0.1) is 0 Å². The molecule has 7 nitrogen and oxygen atoms in total. The van der Waals surface area contributed by atoms with E-state index in [9.17, 15) is 26.8 Å². The summed E-state index contributed by atoms with van der Waals surface area (Å²) < 4.78 is 51.4. The van der Waals surface area contributed by atoms with Crippen molar-refractivity contribution in [3.8, 4) is 0 Å². The fraction of sp³-hybridized carbons (Fsp3) is 0.529. The second-order valence-electron chi connectivity index (χ2n) is 6.49. The lowest BCUT2D eigenvalue weighted by molar-refractivity contribution is -0.134. The Morgan fingerprint density at radius 2 is 2.00 bits per heavy atom. The van der Waals surface area contributed by atoms with Gasteiger partial charge in [0.2, 0.25) is 15.9 Å². The molecule has 0 saturated carbocycles. The van der Waals surface area contributed by atoms with E-state index in [1.165, 1.54) is 0 Å². The van der Waals surface area contributed by atoms with E-state index in [1.807, 2.05) is 0 Å². The van der Waals surface area contributed by atoms with Crippen LogP contribution < -0.4 is 10.0 Å². The maximum absolute atomic E-state index is 13.6. The van der Waals surface area contributed by atoms with Crippen LogP contribution >= 0.6 is 0 Å². The topological polar surface area (TPSA) is 95.6 Å². The van der Waals surface area contributed by atoms with Crippen LogP contribution in [0.4, 0.5) is 8.78 Å². The van der Waals surface area contributed by atoms with Gasteiger partial charge in [0, 0.05) is 38.2 Å². The number of benzene rings is 1. The van der Waals surface area contributed by atoms with E-state index >= 15 is 0 Å². The number of sulfonamides is 1. The number of carbonyl (C=O) groups excluding carboxylic acids is 2. The number of hydrogen-bond donors (Lipinski definition) is 2. The van der Waals surface area contributed by atoms with Crippen LogP contribution in [0.15, 0.2) is 18.2 Å². The number of piperidine rings is 1. The minimum atomic E-state index is -3.35. The Morgan fingerprint density at radius 3 is 2.67 bits per heavy atom. The normalized spacial score (nSPS) is 17.6. The molecule has 1 atom stereocenters. The molecule has 27 heavy (non-hydrogen) atoms. The van der Waals surface area contributed by atoms with Crippen molar-refractivity contribution >= 4 is 21.8 Å². The SMILES string of the molecule is CS(=O)(=O)NCC1CCCCN1C(=O)CCNC(=O)c1ccc(F)cc1F. The zero-order chi connectivity index (χ0) is 20.0. The van der Waals surface area contributed by atoms with Crippen LogP contribution in [-0.4, -0.2) is 57.1 Å². The third-order valence-corrected chi connectivity index (χ3v) is 5.02. The van der Waals surface area contributed by atoms with Crippen LogP contribution in [0.2, 0.25) is 0 Å². The van der Waals surface area contributed by atoms with Crippen molar-refractivity contribution in [2.45, 2.75) is 31.7 Å². The number of hydrogen-bond acceptors (Lipinski definition) is 4. The molecule has 1 heterocycles. The number of likely N-dealkylation sites (tertiary alicyclic amines) is 1. The lowest BCUT2D eigenvalue weighted by Crippen LogP contribution is -2.49. The smallest absolute Gasteiger partial charge is 0.254 e. The van der Waals surface area contributed by atoms with Crippen molar-refractivity contribution in [1.82, 2.24) is 14.9 Å². The highest BCUT2D eigenvalue weighted by atomic mass is 32.2. The molecule has 1 saturated heterocycles. The third-order valence-electron chi connectivity index (χ3n) is 4.33. The summed E-state index contributed by atoms with van der Waals surface area (Å²) >= 11 is 0. The van der Waals surface area contributed by atoms with Gasteiger partial charge in [-0.1, -0.05) is 0 Å². The highest BCUT2D eigenvalue weighted by molar-refractivity contribution is 7.88. The summed E-state index contributed by atoms with van der Waals surface area (Å²) in [6.07, 6.45) is 3.49. The Kier molecular flexibility index (Phi) is 7.25. The summed E-state index contributed by atoms with van der Waals surface area (Å²) in [5.41, 5.74) is -0.294. The molecule has 0 radical (unpaired) electrons. The van der Waals surface area contributed by atoms with Crippen molar-refractivity contribution < 1.29 is 26.8 Å². The van der Waals surface area contributed by atoms with Crippen molar-refractivity contribution in [1.29, 1.82) is 0 Å². The monoisotopic (exact) mass is 403 g/mol. The van der Waals surface area contributed by atoms with Gasteiger partial charge >= 0.3 is 0 Å². The highest BCUT2D eigenvalue weighted by Crippen LogP contribution is 2.17. The highest BCUT2D eigenvalue weighted by Gasteiger charge is 2.27. The van der Waals surface area contributed by atoms with E-state index in [1.54, 1.807) is 4.90 Å². The molecule has 1 aliphatic rings. The Labute approximate surface area is 157 Å². The number of halogens is 2. The molecule has 10 heteroatoms. The van der Waals surface area contributed by atoms with Gasteiger partial charge in [0.15, 0.2) is 0 Å². The number of nitrogens with one attached hydrogen (secondary N) is 2. The maximum Gasteiger partial charge on any atom is 0.254 e. The Hall–Kier alpha value is -2.07. The summed E-state index contributed by atoms with van der Waals surface area (Å²) in [5.74, 6) is -2.69. The largest absolute Gasteiger partial charge is 0.351 e. The fourth-order valence-corrected chi connectivity index (χ4v) is 3.48. The lowest BCUT2D eigenvalue weighted by Gasteiger charge is -2.36. The average molecular weight is 403 g/mol. The van der Waals surface area contributed by atoms with E-state index in [-0.39, 0.29) is 37.0 Å². The van der Waals surface area contributed by atoms with Crippen LogP contribution in [0.1, 0.15) is 36.0 Å². The van der Waals surface area contributed by atoms with Crippen molar-refractivity contribution in [3.63, 3.8) is 0 Å². The van der Waals surface area contributed by atoms with Crippen LogP contribution in [0.5, 0.6) is 0 Å². The zero-order valence-electron chi connectivity index (χ0n) is 15.0. The van der Waals surface area contributed by atoms with Crippen LogP contribution in [0, 0.1) is 11.6 Å². The molecule has 0 bridgehead atoms. The summed E-state index contributed by atoms with van der Waals surface area (Å²) in [6, 6.07) is 2.41. The van der Waals surface area contributed by atoms with Crippen molar-refractivity contribution in [2.75, 3.05) is 25.9 Å². The first-order chi connectivity index (χ1) is 12.7. The second-order valence-corrected chi connectivity index (χ2v) is 8.32. The van der Waals surface area contributed by atoms with Gasteiger partial charge in [-0.05, 0) is 31.4 Å². The Bertz CT molecular complexity index is 801. The van der Waals surface area contributed by atoms with Crippen LogP contribution in [-0.2, 0) is 14.8 Å². The van der Waals surface area contributed by atoms with Gasteiger partial charge in [-0.3, -0.25) is 9.59 Å². The zero-order valence-corrected chi connectivity index (χ0v) is 15.8. The molecule has 2 rings (SSSR count). The summed E-state index contributed by atoms with van der Waals surface area (Å²) in [6.45, 7) is 0.671. The van der Waals surface area contributed by atoms with Crippen LogP contribution in [0.3, 0.4) is 0 Å². The van der Waals surface area contributed by atoms with Gasteiger partial charge in [0.05, 0.1) is 11.8 Å². The molecule has 1 aliphatic heterocycles. The van der Waals surface area contributed by atoms with E-state index in [4.69, 9.17) is 0 Å². The third kappa shape index (κ3) is 6.55. The van der Waals surface area contributed by atoms with Crippen molar-refractivity contribution in [2.24, 2.45) is 0 Å². The van der Waals surface area contributed by atoms with Gasteiger partial charge in [0.25, 0.3) is 5.91 Å². The number of carbonyl (C=O) groups is 2. The molecule has 0 aliphatic carbocycles. The molecule has 1 aromatic carbocycles. The first-order valence-corrected chi connectivity index (χ1v) is 10.5. The predicted molar refractivity (Wildman–Crippen MR) is 95.5 cm³/mol. The van der Waals surface area contributed by atoms with Crippen molar-refractivity contribution in [3.05, 3.63) is 35.4 Å². The summed E-state index contributed by atoms with van der Waals surface area (Å²) in [5, 5.41) is 2.44. The molecule has 1 fully saturated rings. The minimum absolute atomic E-state index is 0.00277. The molecule has 1 unspecified atom stereocenters. The first kappa shape index (κ1) is 21.2. The number of amides is 2. The quantitative estimate of drug-likeness (QED) is 0.711. The number of nitrogens with zero attached hydrogens (tertiary/aromatic N) is 1. The standard InChI is InChI=1S/C17H23F2N3O4S/c1-27(25,26)21-11-13-4-2-3-9-22(13)16(23)7-8-20-17(24)14-6-5-12(18)10-15(14)19/h5-6,10,13,21H,2-4,7-9,11H2,1H3,(H,20,24). The summed E-state index contributed by atoms with van der Waals surface area (Å²) in [7, 11) is -3.35. The van der Waals surface area contributed by atoms with Gasteiger partial charge in [-0.2, -0.15) is 0 Å². The van der Waals surface area contributed by atoms with Gasteiger partial charge < -0.3 is 10.2 Å². The minimum Gasteiger partial charge on any atom is -0.351 e. The lowest BCUT2D eigenvalue weighted by atomic mass is 10.0. The molecule has 0 spiro atoms. The fourth-order valence-electron chi connectivity index (χ4n) is 2.98. The van der Waals surface area contributed by atoms with Gasteiger partial charge in [0.1, 0.15) is 11.6 Å². The van der Waals surface area contributed by atoms with E-state index in [0.29, 0.717) is 19.0 Å². The molecule has 0 aromatic heterocycles. The Balaban J connectivity index is 1.86.